The summed E-state index contributed by atoms with van der Waals surface area (Å²) in [5, 5.41) is 19.8. The van der Waals surface area contributed by atoms with E-state index in [4.69, 9.17) is 16.8 Å². The van der Waals surface area contributed by atoms with Gasteiger partial charge >= 0.3 is 0 Å². The zero-order valence-electron chi connectivity index (χ0n) is 13.6. The molecule has 0 bridgehead atoms. The maximum Gasteiger partial charge on any atom is 0.243 e. The molecule has 4 nitrogen and oxygen atoms in total. The smallest absolute Gasteiger partial charge is 0.243 e. The number of hydrogen-bond acceptors (Lipinski definition) is 3. The molecule has 0 spiro atoms. The molecule has 3 N–H and O–H groups in total. The van der Waals surface area contributed by atoms with Crippen LogP contribution in [0.5, 0.6) is 0 Å². The van der Waals surface area contributed by atoms with Gasteiger partial charge in [-0.25, -0.2) is 5.48 Å². The van der Waals surface area contributed by atoms with E-state index in [-0.39, 0.29) is 6.42 Å². The number of carbonyl (C=O) groups is 1. The lowest BCUT2D eigenvalue weighted by Crippen LogP contribution is -2.22. The molecule has 5 heteroatoms. The molecule has 0 radical (unpaired) electrons. The number of amides is 1. The van der Waals surface area contributed by atoms with Crippen molar-refractivity contribution in [1.82, 2.24) is 5.48 Å². The second-order valence-corrected chi connectivity index (χ2v) is 6.54. The minimum absolute atomic E-state index is 0.252. The summed E-state index contributed by atoms with van der Waals surface area (Å²) in [6, 6.07) is 15.4. The highest BCUT2D eigenvalue weighted by atomic mass is 35.5. The van der Waals surface area contributed by atoms with Crippen LogP contribution in [-0.2, 0) is 10.4 Å². The van der Waals surface area contributed by atoms with Crippen LogP contribution in [-0.4, -0.2) is 16.2 Å². The van der Waals surface area contributed by atoms with E-state index in [1.54, 1.807) is 12.4 Å². The lowest BCUT2D eigenvalue weighted by atomic mass is 9.89. The summed E-state index contributed by atoms with van der Waals surface area (Å²) >= 11 is 5.90. The van der Waals surface area contributed by atoms with Gasteiger partial charge in [0, 0.05) is 11.4 Å². The van der Waals surface area contributed by atoms with Crippen molar-refractivity contribution in [2.24, 2.45) is 0 Å². The Labute approximate surface area is 147 Å². The number of carbonyl (C=O) groups excluding carboxylic acids is 1. The molecule has 2 aromatic carbocycles. The predicted octanol–water partition coefficient (Wildman–Crippen LogP) is 4.28. The van der Waals surface area contributed by atoms with Crippen LogP contribution in [0.1, 0.15) is 38.2 Å². The maximum atomic E-state index is 11.0. The van der Waals surface area contributed by atoms with E-state index >= 15 is 0 Å². The summed E-state index contributed by atoms with van der Waals surface area (Å²) in [6.45, 7) is 1.77. The predicted molar refractivity (Wildman–Crippen MR) is 94.9 cm³/mol. The minimum atomic E-state index is -0.950. The highest BCUT2D eigenvalue weighted by molar-refractivity contribution is 6.30. The van der Waals surface area contributed by atoms with Gasteiger partial charge in [-0.05, 0) is 55.0 Å². The Kier molecular flexibility index (Phi) is 6.37. The Hall–Kier alpha value is -1.88. The number of hydroxylamine groups is 1. The molecule has 0 aromatic heterocycles. The van der Waals surface area contributed by atoms with E-state index in [1.165, 1.54) is 0 Å². The molecule has 1 atom stereocenters. The first-order valence-corrected chi connectivity index (χ1v) is 8.32. The fraction of sp³-hybridized carbons (Fsp3) is 0.316. The average Bonchev–Trinajstić information content (AvgIpc) is 2.59. The molecule has 0 saturated carbocycles. The van der Waals surface area contributed by atoms with Gasteiger partial charge in [-0.3, -0.25) is 10.0 Å². The average molecular weight is 348 g/mol. The van der Waals surface area contributed by atoms with Gasteiger partial charge in [-0.15, -0.1) is 0 Å². The summed E-state index contributed by atoms with van der Waals surface area (Å²) < 4.78 is 0. The molecule has 1 amide bonds. The summed E-state index contributed by atoms with van der Waals surface area (Å²) in [5.74, 6) is -0.401. The minimum Gasteiger partial charge on any atom is -0.385 e. The van der Waals surface area contributed by atoms with Gasteiger partial charge in [0.1, 0.15) is 0 Å². The van der Waals surface area contributed by atoms with Crippen LogP contribution >= 0.6 is 11.6 Å². The molecule has 0 aliphatic carbocycles. The zero-order valence-corrected chi connectivity index (χ0v) is 14.4. The van der Waals surface area contributed by atoms with E-state index in [0.717, 1.165) is 16.7 Å². The topological polar surface area (TPSA) is 69.6 Å². The van der Waals surface area contributed by atoms with Crippen LogP contribution in [0.4, 0.5) is 0 Å². The largest absolute Gasteiger partial charge is 0.385 e. The molecule has 0 heterocycles. The van der Waals surface area contributed by atoms with Gasteiger partial charge in [-0.1, -0.05) is 48.0 Å². The Morgan fingerprint density at radius 1 is 1.04 bits per heavy atom. The van der Waals surface area contributed by atoms with E-state index in [9.17, 15) is 9.90 Å². The SMILES string of the molecule is CC(O)(CCCCC(=O)NO)c1ccc(-c2ccc(Cl)cc2)cc1. The summed E-state index contributed by atoms with van der Waals surface area (Å²) in [7, 11) is 0. The van der Waals surface area contributed by atoms with Gasteiger partial charge in [0.15, 0.2) is 0 Å². The molecule has 2 rings (SSSR count). The fourth-order valence-corrected chi connectivity index (χ4v) is 2.75. The number of unbranched alkanes of at least 4 members (excludes halogenated alkanes) is 1. The van der Waals surface area contributed by atoms with Gasteiger partial charge in [-0.2, -0.15) is 0 Å². The fourth-order valence-electron chi connectivity index (χ4n) is 2.62. The van der Waals surface area contributed by atoms with Crippen molar-refractivity contribution in [2.45, 2.75) is 38.2 Å². The van der Waals surface area contributed by atoms with Crippen molar-refractivity contribution >= 4 is 17.5 Å². The van der Waals surface area contributed by atoms with Crippen molar-refractivity contribution in [3.63, 3.8) is 0 Å². The molecule has 0 aliphatic heterocycles. The quantitative estimate of drug-likeness (QED) is 0.398. The second-order valence-electron chi connectivity index (χ2n) is 6.10. The van der Waals surface area contributed by atoms with Gasteiger partial charge in [0.05, 0.1) is 5.60 Å². The number of rotatable bonds is 7. The van der Waals surface area contributed by atoms with Crippen molar-refractivity contribution < 1.29 is 15.1 Å². The van der Waals surface area contributed by atoms with Gasteiger partial charge in [0.25, 0.3) is 0 Å². The third kappa shape index (κ3) is 5.06. The van der Waals surface area contributed by atoms with Crippen LogP contribution in [0, 0.1) is 0 Å². The van der Waals surface area contributed by atoms with E-state index in [1.807, 2.05) is 48.5 Å². The first kappa shape index (κ1) is 18.5. The van der Waals surface area contributed by atoms with Crippen molar-refractivity contribution in [3.05, 3.63) is 59.1 Å². The Balaban J connectivity index is 1.98. The molecule has 2 aromatic rings. The number of aliphatic hydroxyl groups is 1. The number of nitrogens with one attached hydrogen (secondary N) is 1. The molecular formula is C19H22ClNO3. The number of benzene rings is 2. The third-order valence-electron chi connectivity index (χ3n) is 4.13. The normalized spacial score (nSPS) is 13.3. The molecule has 0 saturated heterocycles. The molecule has 24 heavy (non-hydrogen) atoms. The first-order valence-electron chi connectivity index (χ1n) is 7.94. The van der Waals surface area contributed by atoms with E-state index in [0.29, 0.717) is 24.3 Å². The third-order valence-corrected chi connectivity index (χ3v) is 4.38. The summed E-state index contributed by atoms with van der Waals surface area (Å²) in [5.41, 5.74) is 3.63. The zero-order chi connectivity index (χ0) is 17.6. The molecule has 1 unspecified atom stereocenters. The highest BCUT2D eigenvalue weighted by Crippen LogP contribution is 2.29. The van der Waals surface area contributed by atoms with Crippen molar-refractivity contribution in [2.75, 3.05) is 0 Å². The van der Waals surface area contributed by atoms with Crippen molar-refractivity contribution in [1.29, 1.82) is 0 Å². The Morgan fingerprint density at radius 2 is 1.58 bits per heavy atom. The monoisotopic (exact) mass is 347 g/mol. The van der Waals surface area contributed by atoms with Crippen LogP contribution in [0.25, 0.3) is 11.1 Å². The van der Waals surface area contributed by atoms with E-state index in [2.05, 4.69) is 0 Å². The lowest BCUT2D eigenvalue weighted by molar-refractivity contribution is -0.129. The van der Waals surface area contributed by atoms with Crippen LogP contribution in [0.15, 0.2) is 48.5 Å². The number of hydrogen-bond donors (Lipinski definition) is 3. The van der Waals surface area contributed by atoms with Crippen LogP contribution in [0.2, 0.25) is 5.02 Å². The van der Waals surface area contributed by atoms with Crippen LogP contribution in [0.3, 0.4) is 0 Å². The molecule has 0 fully saturated rings. The molecule has 128 valence electrons. The van der Waals surface area contributed by atoms with Gasteiger partial charge < -0.3 is 5.11 Å². The number of halogens is 1. The Bertz CT molecular complexity index is 666. The molecule has 0 aliphatic rings. The molecular weight excluding hydrogens is 326 g/mol. The summed E-state index contributed by atoms with van der Waals surface area (Å²) in [6.07, 6.45) is 2.11. The van der Waals surface area contributed by atoms with Crippen LogP contribution < -0.4 is 5.48 Å². The lowest BCUT2D eigenvalue weighted by Gasteiger charge is -2.24. The van der Waals surface area contributed by atoms with E-state index < -0.39 is 11.5 Å². The summed E-state index contributed by atoms with van der Waals surface area (Å²) in [4.78, 5) is 11.0. The Morgan fingerprint density at radius 3 is 2.12 bits per heavy atom. The highest BCUT2D eigenvalue weighted by Gasteiger charge is 2.22. The maximum absolute atomic E-state index is 11.0. The standard InChI is InChI=1S/C19H22ClNO3/c1-19(23,13-3-2-4-18(22)21-24)16-9-5-14(6-10-16)15-7-11-17(20)12-8-15/h5-12,23-24H,2-4,13H2,1H3,(H,21,22). The van der Waals surface area contributed by atoms with Crippen molar-refractivity contribution in [3.8, 4) is 11.1 Å². The first-order chi connectivity index (χ1) is 11.4. The second kappa shape index (κ2) is 8.29. The van der Waals surface area contributed by atoms with Gasteiger partial charge in [0.2, 0.25) is 5.91 Å².